The highest BCUT2D eigenvalue weighted by molar-refractivity contribution is 6.09. The number of aromatic nitrogens is 2. The Balaban J connectivity index is 1.37. The zero-order valence-corrected chi connectivity index (χ0v) is 17.6. The third-order valence-corrected chi connectivity index (χ3v) is 6.84. The molecule has 3 aromatic rings. The van der Waals surface area contributed by atoms with Gasteiger partial charge in [0.25, 0.3) is 0 Å². The number of hydrogen-bond acceptors (Lipinski definition) is 4. The van der Waals surface area contributed by atoms with Crippen molar-refractivity contribution in [2.24, 2.45) is 0 Å². The van der Waals surface area contributed by atoms with Gasteiger partial charge >= 0.3 is 5.97 Å². The van der Waals surface area contributed by atoms with Crippen molar-refractivity contribution in [1.29, 1.82) is 0 Å². The van der Waals surface area contributed by atoms with Crippen molar-refractivity contribution in [2.75, 3.05) is 24.5 Å². The maximum atomic E-state index is 13.6. The number of benzene rings is 2. The van der Waals surface area contributed by atoms with Gasteiger partial charge in [-0.3, -0.25) is 19.6 Å². The molecule has 1 aromatic heterocycles. The van der Waals surface area contributed by atoms with Crippen LogP contribution in [0.5, 0.6) is 0 Å². The highest BCUT2D eigenvalue weighted by atomic mass is 16.4. The van der Waals surface area contributed by atoms with Crippen LogP contribution in [0, 0.1) is 6.92 Å². The van der Waals surface area contributed by atoms with Gasteiger partial charge in [-0.25, -0.2) is 0 Å². The number of nitrogens with zero attached hydrogens (tertiary/aromatic N) is 3. The highest BCUT2D eigenvalue weighted by Gasteiger charge is 2.52. The number of aryl methyl sites for hydroxylation is 1. The van der Waals surface area contributed by atoms with Crippen molar-refractivity contribution in [1.82, 2.24) is 15.1 Å². The minimum absolute atomic E-state index is 0.0438. The Labute approximate surface area is 180 Å². The van der Waals surface area contributed by atoms with E-state index < -0.39 is 11.4 Å². The van der Waals surface area contributed by atoms with Crippen LogP contribution in [0.2, 0.25) is 0 Å². The molecule has 0 bridgehead atoms. The SMILES string of the molecule is Cc1cccc2c1C1(CCN(Cc3ccc4[nH]ncc4c3)CC1)C(=O)N2CCC(=O)O. The monoisotopic (exact) mass is 418 g/mol. The molecular weight excluding hydrogens is 392 g/mol. The molecule has 0 aliphatic carbocycles. The molecule has 2 aliphatic rings. The quantitative estimate of drug-likeness (QED) is 0.664. The van der Waals surface area contributed by atoms with Crippen LogP contribution in [0.25, 0.3) is 10.9 Å². The van der Waals surface area contributed by atoms with E-state index in [1.54, 1.807) is 4.90 Å². The number of carbonyl (C=O) groups excluding carboxylic acids is 1. The molecule has 0 radical (unpaired) electrons. The minimum atomic E-state index is -0.882. The number of amides is 1. The van der Waals surface area contributed by atoms with E-state index in [4.69, 9.17) is 5.11 Å². The molecule has 31 heavy (non-hydrogen) atoms. The van der Waals surface area contributed by atoms with Crippen LogP contribution in [-0.2, 0) is 21.5 Å². The molecular formula is C24H26N4O3. The second kappa shape index (κ2) is 7.50. The van der Waals surface area contributed by atoms with Gasteiger partial charge in [-0.15, -0.1) is 0 Å². The summed E-state index contributed by atoms with van der Waals surface area (Å²) in [7, 11) is 0. The summed E-state index contributed by atoms with van der Waals surface area (Å²) in [6, 6.07) is 12.3. The Morgan fingerprint density at radius 1 is 1.23 bits per heavy atom. The van der Waals surface area contributed by atoms with Crippen LogP contribution in [0.15, 0.2) is 42.6 Å². The molecule has 7 nitrogen and oxygen atoms in total. The molecule has 0 unspecified atom stereocenters. The number of likely N-dealkylation sites (tertiary alicyclic amines) is 1. The predicted octanol–water partition coefficient (Wildman–Crippen LogP) is 3.23. The summed E-state index contributed by atoms with van der Waals surface area (Å²) in [5.41, 5.74) is 4.84. The maximum Gasteiger partial charge on any atom is 0.305 e. The van der Waals surface area contributed by atoms with Gasteiger partial charge in [0.15, 0.2) is 0 Å². The topological polar surface area (TPSA) is 89.5 Å². The first kappa shape index (κ1) is 19.8. The van der Waals surface area contributed by atoms with E-state index in [2.05, 4.69) is 46.3 Å². The number of aromatic amines is 1. The predicted molar refractivity (Wildman–Crippen MR) is 118 cm³/mol. The largest absolute Gasteiger partial charge is 0.481 e. The fourth-order valence-electron chi connectivity index (χ4n) is 5.31. The molecule has 1 saturated heterocycles. The Morgan fingerprint density at radius 2 is 2.03 bits per heavy atom. The van der Waals surface area contributed by atoms with Gasteiger partial charge in [-0.05, 0) is 67.7 Å². The minimum Gasteiger partial charge on any atom is -0.481 e. The number of piperidine rings is 1. The maximum absolute atomic E-state index is 13.6. The first-order valence-electron chi connectivity index (χ1n) is 10.8. The van der Waals surface area contributed by atoms with Crippen LogP contribution in [0.1, 0.15) is 36.0 Å². The number of nitrogens with one attached hydrogen (secondary N) is 1. The number of rotatable bonds is 5. The van der Waals surface area contributed by atoms with E-state index in [-0.39, 0.29) is 18.9 Å². The van der Waals surface area contributed by atoms with Crippen molar-refractivity contribution in [3.8, 4) is 0 Å². The summed E-state index contributed by atoms with van der Waals surface area (Å²) < 4.78 is 0. The lowest BCUT2D eigenvalue weighted by atomic mass is 9.72. The zero-order valence-electron chi connectivity index (χ0n) is 17.6. The van der Waals surface area contributed by atoms with E-state index >= 15 is 0 Å². The van der Waals surface area contributed by atoms with Crippen LogP contribution < -0.4 is 4.90 Å². The smallest absolute Gasteiger partial charge is 0.305 e. The summed E-state index contributed by atoms with van der Waals surface area (Å²) in [6.45, 7) is 4.78. The molecule has 160 valence electrons. The second-order valence-corrected chi connectivity index (χ2v) is 8.72. The normalized spacial score (nSPS) is 18.1. The van der Waals surface area contributed by atoms with E-state index in [0.29, 0.717) is 0 Å². The van der Waals surface area contributed by atoms with Gasteiger partial charge in [-0.2, -0.15) is 5.10 Å². The molecule has 3 heterocycles. The van der Waals surface area contributed by atoms with E-state index in [1.807, 2.05) is 18.3 Å². The Bertz CT molecular complexity index is 1160. The average Bonchev–Trinajstić information content (AvgIpc) is 3.30. The summed E-state index contributed by atoms with van der Waals surface area (Å²) in [5.74, 6) is -0.815. The Morgan fingerprint density at radius 3 is 2.81 bits per heavy atom. The Hall–Kier alpha value is -3.19. The fourth-order valence-corrected chi connectivity index (χ4v) is 5.31. The number of anilines is 1. The molecule has 1 fully saturated rings. The third kappa shape index (κ3) is 3.29. The van der Waals surface area contributed by atoms with Gasteiger partial charge in [0, 0.05) is 24.2 Å². The van der Waals surface area contributed by atoms with E-state index in [0.717, 1.165) is 60.2 Å². The summed E-state index contributed by atoms with van der Waals surface area (Å²) in [4.78, 5) is 28.8. The van der Waals surface area contributed by atoms with Gasteiger partial charge in [0.2, 0.25) is 5.91 Å². The third-order valence-electron chi connectivity index (χ3n) is 6.84. The molecule has 7 heteroatoms. The van der Waals surface area contributed by atoms with Crippen molar-refractivity contribution in [2.45, 2.75) is 38.1 Å². The lowest BCUT2D eigenvalue weighted by Crippen LogP contribution is -2.49. The van der Waals surface area contributed by atoms with Crippen LogP contribution in [-0.4, -0.2) is 51.7 Å². The number of aliphatic carboxylic acids is 1. The molecule has 0 atom stereocenters. The van der Waals surface area contributed by atoms with Crippen LogP contribution >= 0.6 is 0 Å². The number of hydrogen-bond donors (Lipinski definition) is 2. The van der Waals surface area contributed by atoms with Gasteiger partial charge in [0.1, 0.15) is 0 Å². The van der Waals surface area contributed by atoms with E-state index in [9.17, 15) is 9.59 Å². The zero-order chi connectivity index (χ0) is 21.6. The van der Waals surface area contributed by atoms with Crippen molar-refractivity contribution >= 4 is 28.5 Å². The summed E-state index contributed by atoms with van der Waals surface area (Å²) in [5, 5.41) is 17.3. The van der Waals surface area contributed by atoms with Crippen molar-refractivity contribution in [3.05, 3.63) is 59.3 Å². The lowest BCUT2D eigenvalue weighted by molar-refractivity contribution is -0.136. The first-order valence-corrected chi connectivity index (χ1v) is 10.8. The highest BCUT2D eigenvalue weighted by Crippen LogP contribution is 2.49. The van der Waals surface area contributed by atoms with Crippen LogP contribution in [0.4, 0.5) is 5.69 Å². The molecule has 1 spiro atoms. The molecule has 1 amide bonds. The van der Waals surface area contributed by atoms with Crippen LogP contribution in [0.3, 0.4) is 0 Å². The molecule has 2 N–H and O–H groups in total. The lowest BCUT2D eigenvalue weighted by Gasteiger charge is -2.39. The summed E-state index contributed by atoms with van der Waals surface area (Å²) in [6.07, 6.45) is 3.30. The van der Waals surface area contributed by atoms with Gasteiger partial charge in [-0.1, -0.05) is 18.2 Å². The van der Waals surface area contributed by atoms with Crippen molar-refractivity contribution < 1.29 is 14.7 Å². The fraction of sp³-hybridized carbons (Fsp3) is 0.375. The van der Waals surface area contributed by atoms with Gasteiger partial charge in [0.05, 0.1) is 23.5 Å². The van der Waals surface area contributed by atoms with Crippen molar-refractivity contribution in [3.63, 3.8) is 0 Å². The Kier molecular flexibility index (Phi) is 4.78. The van der Waals surface area contributed by atoms with Gasteiger partial charge < -0.3 is 10.0 Å². The summed E-state index contributed by atoms with van der Waals surface area (Å²) >= 11 is 0. The molecule has 2 aliphatic heterocycles. The molecule has 2 aromatic carbocycles. The standard InChI is InChI=1S/C24H26N4O3/c1-16-3-2-4-20-22(16)24(23(31)28(20)10-7-21(29)30)8-11-27(12-9-24)15-17-5-6-19-18(13-17)14-25-26-19/h2-6,13-14H,7-12,15H2,1H3,(H,25,26)(H,29,30). The molecule has 0 saturated carbocycles. The van der Waals surface area contributed by atoms with E-state index in [1.165, 1.54) is 5.56 Å². The molecule has 5 rings (SSSR count). The first-order chi connectivity index (χ1) is 15.0. The number of carboxylic acid groups (broad SMARTS) is 1. The average molecular weight is 418 g/mol. The number of H-pyrrole nitrogens is 1. The number of carbonyl (C=O) groups is 2. The number of fused-ring (bicyclic) bond motifs is 3. The second-order valence-electron chi connectivity index (χ2n) is 8.72. The number of carboxylic acids is 1.